The van der Waals surface area contributed by atoms with E-state index < -0.39 is 0 Å². The van der Waals surface area contributed by atoms with Crippen LogP contribution >= 0.6 is 0 Å². The first kappa shape index (κ1) is 20.0. The van der Waals surface area contributed by atoms with Crippen LogP contribution in [0.4, 0.5) is 0 Å². The Balaban J connectivity index is 1.68. The molecule has 0 N–H and O–H groups in total. The second-order valence-corrected chi connectivity index (χ2v) is 7.39. The molecule has 2 aromatic carbocycles. The van der Waals surface area contributed by atoms with Crippen molar-refractivity contribution < 1.29 is 14.3 Å². The van der Waals surface area contributed by atoms with E-state index in [2.05, 4.69) is 0 Å². The fraction of sp³-hybridized carbons (Fsp3) is 0.280. The molecule has 1 fully saturated rings. The number of benzene rings is 2. The first-order valence-electron chi connectivity index (χ1n) is 10.2. The lowest BCUT2D eigenvalue weighted by Crippen LogP contribution is -2.38. The van der Waals surface area contributed by atoms with Crippen LogP contribution in [0.5, 0.6) is 11.5 Å². The summed E-state index contributed by atoms with van der Waals surface area (Å²) in [5.74, 6) is 1.61. The second-order valence-electron chi connectivity index (χ2n) is 7.39. The monoisotopic (exact) mass is 402 g/mol. The van der Waals surface area contributed by atoms with Gasteiger partial charge in [-0.15, -0.1) is 0 Å². The molecule has 0 radical (unpaired) electrons. The maximum Gasteiger partial charge on any atom is 0.223 e. The van der Waals surface area contributed by atoms with Crippen molar-refractivity contribution in [3.05, 3.63) is 78.0 Å². The molecule has 154 valence electrons. The Morgan fingerprint density at radius 3 is 2.33 bits per heavy atom. The molecule has 5 nitrogen and oxygen atoms in total. The number of hydrogen-bond donors (Lipinski definition) is 0. The van der Waals surface area contributed by atoms with E-state index in [9.17, 15) is 4.79 Å². The highest BCUT2D eigenvalue weighted by atomic mass is 16.5. The van der Waals surface area contributed by atoms with E-state index >= 15 is 0 Å². The lowest BCUT2D eigenvalue weighted by atomic mass is 9.93. The Kier molecular flexibility index (Phi) is 5.98. The molecule has 3 aromatic rings. The van der Waals surface area contributed by atoms with E-state index in [0.29, 0.717) is 13.0 Å². The first-order valence-corrected chi connectivity index (χ1v) is 10.2. The SMILES string of the molecule is COc1cccc(OC)c1C1CCCC(=O)N1Cc1cccc(-c2ccccc2)n1. The van der Waals surface area contributed by atoms with Gasteiger partial charge in [0.15, 0.2) is 0 Å². The quantitative estimate of drug-likeness (QED) is 0.581. The Hall–Kier alpha value is -3.34. The smallest absolute Gasteiger partial charge is 0.223 e. The molecule has 1 amide bonds. The zero-order valence-electron chi connectivity index (χ0n) is 17.4. The highest BCUT2D eigenvalue weighted by Crippen LogP contribution is 2.42. The van der Waals surface area contributed by atoms with Crippen LogP contribution in [0.15, 0.2) is 66.7 Å². The van der Waals surface area contributed by atoms with Gasteiger partial charge in [0.1, 0.15) is 11.5 Å². The van der Waals surface area contributed by atoms with Gasteiger partial charge in [-0.25, -0.2) is 0 Å². The van der Waals surface area contributed by atoms with Crippen molar-refractivity contribution in [3.63, 3.8) is 0 Å². The summed E-state index contributed by atoms with van der Waals surface area (Å²) in [5.41, 5.74) is 3.76. The van der Waals surface area contributed by atoms with Crippen molar-refractivity contribution in [3.8, 4) is 22.8 Å². The molecule has 1 saturated heterocycles. The van der Waals surface area contributed by atoms with E-state index in [1.807, 2.05) is 71.6 Å². The number of rotatable bonds is 6. The average Bonchev–Trinajstić information content (AvgIpc) is 2.80. The number of ether oxygens (including phenoxy) is 2. The van der Waals surface area contributed by atoms with Crippen LogP contribution in [0, 0.1) is 0 Å². The molecular weight excluding hydrogens is 376 g/mol. The van der Waals surface area contributed by atoms with Gasteiger partial charge in [0.2, 0.25) is 5.91 Å². The number of aromatic nitrogens is 1. The Morgan fingerprint density at radius 1 is 0.933 bits per heavy atom. The molecule has 0 saturated carbocycles. The average molecular weight is 402 g/mol. The summed E-state index contributed by atoms with van der Waals surface area (Å²) in [6.45, 7) is 0.450. The predicted octanol–water partition coefficient (Wildman–Crippen LogP) is 5.02. The summed E-state index contributed by atoms with van der Waals surface area (Å²) < 4.78 is 11.2. The zero-order chi connectivity index (χ0) is 20.9. The minimum atomic E-state index is -0.112. The highest BCUT2D eigenvalue weighted by molar-refractivity contribution is 5.78. The summed E-state index contributed by atoms with van der Waals surface area (Å²) in [4.78, 5) is 19.7. The van der Waals surface area contributed by atoms with Gasteiger partial charge in [-0.3, -0.25) is 9.78 Å². The topological polar surface area (TPSA) is 51.7 Å². The maximum absolute atomic E-state index is 13.0. The summed E-state index contributed by atoms with van der Waals surface area (Å²) >= 11 is 0. The molecule has 0 bridgehead atoms. The van der Waals surface area contributed by atoms with Crippen LogP contribution in [0.25, 0.3) is 11.3 Å². The molecule has 0 spiro atoms. The third-order valence-corrected chi connectivity index (χ3v) is 5.57. The van der Waals surface area contributed by atoms with E-state index in [-0.39, 0.29) is 11.9 Å². The van der Waals surface area contributed by atoms with Crippen LogP contribution in [0.1, 0.15) is 36.6 Å². The largest absolute Gasteiger partial charge is 0.496 e. The standard InChI is InChI=1S/C25H26N2O3/c1-29-22-14-8-15-23(30-2)25(22)21-13-7-16-24(28)27(21)17-19-11-6-12-20(26-19)18-9-4-3-5-10-18/h3-6,8-12,14-15,21H,7,13,16-17H2,1-2H3. The zero-order valence-corrected chi connectivity index (χ0v) is 17.4. The fourth-order valence-electron chi connectivity index (χ4n) is 4.14. The van der Waals surface area contributed by atoms with Crippen molar-refractivity contribution in [1.82, 2.24) is 9.88 Å². The number of methoxy groups -OCH3 is 2. The number of carbonyl (C=O) groups is 1. The van der Waals surface area contributed by atoms with Gasteiger partial charge in [-0.1, -0.05) is 42.5 Å². The number of amides is 1. The maximum atomic E-state index is 13.0. The Bertz CT molecular complexity index is 998. The number of hydrogen-bond acceptors (Lipinski definition) is 4. The molecule has 5 heteroatoms. The number of piperidine rings is 1. The van der Waals surface area contributed by atoms with E-state index in [1.54, 1.807) is 14.2 Å². The molecular formula is C25H26N2O3. The van der Waals surface area contributed by atoms with Gasteiger partial charge in [0.25, 0.3) is 0 Å². The molecule has 2 heterocycles. The van der Waals surface area contributed by atoms with E-state index in [4.69, 9.17) is 14.5 Å². The van der Waals surface area contributed by atoms with Gasteiger partial charge in [0.05, 0.1) is 43.8 Å². The molecule has 1 unspecified atom stereocenters. The van der Waals surface area contributed by atoms with Crippen molar-refractivity contribution in [2.24, 2.45) is 0 Å². The Labute approximate surface area is 177 Å². The number of nitrogens with zero attached hydrogens (tertiary/aromatic N) is 2. The minimum absolute atomic E-state index is 0.112. The van der Waals surface area contributed by atoms with Crippen LogP contribution in [0.2, 0.25) is 0 Å². The van der Waals surface area contributed by atoms with E-state index in [1.165, 1.54) is 0 Å². The first-order chi connectivity index (χ1) is 14.7. The fourth-order valence-corrected chi connectivity index (χ4v) is 4.14. The third kappa shape index (κ3) is 4.01. The van der Waals surface area contributed by atoms with Crippen LogP contribution in [-0.4, -0.2) is 30.0 Å². The summed E-state index contributed by atoms with van der Waals surface area (Å²) in [6.07, 6.45) is 2.26. The summed E-state index contributed by atoms with van der Waals surface area (Å²) in [5, 5.41) is 0. The van der Waals surface area contributed by atoms with E-state index in [0.717, 1.165) is 46.9 Å². The highest BCUT2D eigenvalue weighted by Gasteiger charge is 2.33. The van der Waals surface area contributed by atoms with Crippen molar-refractivity contribution in [2.75, 3.05) is 14.2 Å². The molecule has 1 aliphatic heterocycles. The number of pyridine rings is 1. The van der Waals surface area contributed by atoms with Crippen molar-refractivity contribution in [2.45, 2.75) is 31.8 Å². The molecule has 0 aliphatic carbocycles. The van der Waals surface area contributed by atoms with Crippen molar-refractivity contribution >= 4 is 5.91 Å². The van der Waals surface area contributed by atoms with Crippen molar-refractivity contribution in [1.29, 1.82) is 0 Å². The summed E-state index contributed by atoms with van der Waals surface area (Å²) in [6, 6.07) is 21.7. The molecule has 1 aliphatic rings. The molecule has 1 atom stereocenters. The minimum Gasteiger partial charge on any atom is -0.496 e. The molecule has 30 heavy (non-hydrogen) atoms. The van der Waals surface area contributed by atoms with Crippen LogP contribution < -0.4 is 9.47 Å². The number of likely N-dealkylation sites (tertiary alicyclic amines) is 1. The summed E-state index contributed by atoms with van der Waals surface area (Å²) in [7, 11) is 3.30. The lowest BCUT2D eigenvalue weighted by molar-refractivity contribution is -0.137. The normalized spacial score (nSPS) is 16.4. The third-order valence-electron chi connectivity index (χ3n) is 5.57. The van der Waals surface area contributed by atoms with Gasteiger partial charge in [-0.05, 0) is 37.1 Å². The van der Waals surface area contributed by atoms with Gasteiger partial charge < -0.3 is 14.4 Å². The van der Waals surface area contributed by atoms with Gasteiger partial charge in [-0.2, -0.15) is 0 Å². The number of carbonyl (C=O) groups excluding carboxylic acids is 1. The predicted molar refractivity (Wildman–Crippen MR) is 116 cm³/mol. The Morgan fingerprint density at radius 2 is 1.63 bits per heavy atom. The molecule has 1 aromatic heterocycles. The van der Waals surface area contributed by atoms with Crippen LogP contribution in [0.3, 0.4) is 0 Å². The van der Waals surface area contributed by atoms with Crippen LogP contribution in [-0.2, 0) is 11.3 Å². The lowest BCUT2D eigenvalue weighted by Gasteiger charge is -2.37. The molecule has 4 rings (SSSR count). The van der Waals surface area contributed by atoms with Gasteiger partial charge >= 0.3 is 0 Å². The van der Waals surface area contributed by atoms with Gasteiger partial charge in [0, 0.05) is 12.0 Å². The second kappa shape index (κ2) is 8.99.